The average molecular weight is 395 g/mol. The van der Waals surface area contributed by atoms with Crippen molar-refractivity contribution in [1.29, 1.82) is 0 Å². The van der Waals surface area contributed by atoms with Crippen molar-refractivity contribution in [3.05, 3.63) is 54.5 Å². The molecule has 1 aromatic carbocycles. The van der Waals surface area contributed by atoms with Gasteiger partial charge >= 0.3 is 0 Å². The van der Waals surface area contributed by atoms with Crippen LogP contribution in [0.3, 0.4) is 0 Å². The van der Waals surface area contributed by atoms with E-state index in [1.807, 2.05) is 36.4 Å². The second-order valence-electron chi connectivity index (χ2n) is 6.79. The molecular formula is C20H22N6OS. The Morgan fingerprint density at radius 1 is 1.25 bits per heavy atom. The number of nitrogens with one attached hydrogen (secondary N) is 1. The molecule has 2 aromatic heterocycles. The van der Waals surface area contributed by atoms with Crippen LogP contribution in [0.25, 0.3) is 10.6 Å². The van der Waals surface area contributed by atoms with Crippen LogP contribution in [0.5, 0.6) is 0 Å². The lowest BCUT2D eigenvalue weighted by Gasteiger charge is -2.33. The number of carbonyl (C=O) groups is 1. The number of nitrogens with zero attached hydrogens (tertiary/aromatic N) is 3. The fourth-order valence-electron chi connectivity index (χ4n) is 3.37. The van der Waals surface area contributed by atoms with Gasteiger partial charge in [-0.1, -0.05) is 41.7 Å². The lowest BCUT2D eigenvalue weighted by atomic mass is 10.1. The number of hydrogen-bond acceptors (Lipinski definition) is 7. The highest BCUT2D eigenvalue weighted by Gasteiger charge is 2.22. The van der Waals surface area contributed by atoms with Gasteiger partial charge in [0.1, 0.15) is 10.0 Å². The lowest BCUT2D eigenvalue weighted by molar-refractivity contribution is 0.102. The molecule has 0 unspecified atom stereocenters. The highest BCUT2D eigenvalue weighted by atomic mass is 32.1. The SMILES string of the molecule is Nc1sc(-c2ccccc2)nc1C(=O)Nc1cnccc1N1CCC[C@H](N)C1. The second kappa shape index (κ2) is 7.95. The average Bonchev–Trinajstić information content (AvgIpc) is 3.11. The molecule has 1 atom stereocenters. The first kappa shape index (κ1) is 18.4. The monoisotopic (exact) mass is 394 g/mol. The van der Waals surface area contributed by atoms with Crippen LogP contribution >= 0.6 is 11.3 Å². The molecule has 144 valence electrons. The van der Waals surface area contributed by atoms with Gasteiger partial charge in [0.25, 0.3) is 5.91 Å². The quantitative estimate of drug-likeness (QED) is 0.627. The van der Waals surface area contributed by atoms with Crippen LogP contribution in [0.15, 0.2) is 48.8 Å². The maximum Gasteiger partial charge on any atom is 0.277 e. The number of anilines is 3. The van der Waals surface area contributed by atoms with E-state index in [4.69, 9.17) is 11.5 Å². The summed E-state index contributed by atoms with van der Waals surface area (Å²) in [5.41, 5.74) is 14.9. The highest BCUT2D eigenvalue weighted by molar-refractivity contribution is 7.19. The molecule has 3 heterocycles. The van der Waals surface area contributed by atoms with Gasteiger partial charge in [-0.25, -0.2) is 4.98 Å². The molecule has 1 amide bonds. The molecule has 1 aliphatic rings. The van der Waals surface area contributed by atoms with Crippen LogP contribution in [0.2, 0.25) is 0 Å². The van der Waals surface area contributed by atoms with Gasteiger partial charge in [0.2, 0.25) is 0 Å². The van der Waals surface area contributed by atoms with Crippen molar-refractivity contribution in [2.75, 3.05) is 29.0 Å². The van der Waals surface area contributed by atoms with Gasteiger partial charge in [0, 0.05) is 30.9 Å². The number of benzene rings is 1. The molecule has 8 heteroatoms. The van der Waals surface area contributed by atoms with Crippen molar-refractivity contribution in [1.82, 2.24) is 9.97 Å². The van der Waals surface area contributed by atoms with Gasteiger partial charge in [-0.2, -0.15) is 0 Å². The van der Waals surface area contributed by atoms with Crippen molar-refractivity contribution in [3.63, 3.8) is 0 Å². The number of nitrogens with two attached hydrogens (primary N) is 2. The van der Waals surface area contributed by atoms with Gasteiger partial charge < -0.3 is 21.7 Å². The fourth-order valence-corrected chi connectivity index (χ4v) is 4.20. The zero-order valence-electron chi connectivity index (χ0n) is 15.3. The van der Waals surface area contributed by atoms with E-state index in [-0.39, 0.29) is 17.6 Å². The first-order valence-electron chi connectivity index (χ1n) is 9.19. The molecule has 1 fully saturated rings. The van der Waals surface area contributed by atoms with E-state index in [0.29, 0.717) is 10.7 Å². The summed E-state index contributed by atoms with van der Waals surface area (Å²) in [6, 6.07) is 11.7. The summed E-state index contributed by atoms with van der Waals surface area (Å²) in [7, 11) is 0. The van der Waals surface area contributed by atoms with Crippen molar-refractivity contribution < 1.29 is 4.79 Å². The van der Waals surface area contributed by atoms with Crippen molar-refractivity contribution in [2.45, 2.75) is 18.9 Å². The molecule has 0 aliphatic carbocycles. The fraction of sp³-hybridized carbons (Fsp3) is 0.250. The predicted molar refractivity (Wildman–Crippen MR) is 114 cm³/mol. The molecule has 7 nitrogen and oxygen atoms in total. The minimum Gasteiger partial charge on any atom is -0.389 e. The summed E-state index contributed by atoms with van der Waals surface area (Å²) in [5.74, 6) is -0.341. The lowest BCUT2D eigenvalue weighted by Crippen LogP contribution is -2.43. The summed E-state index contributed by atoms with van der Waals surface area (Å²) in [5, 5.41) is 4.03. The molecular weight excluding hydrogens is 372 g/mol. The van der Waals surface area contributed by atoms with E-state index in [9.17, 15) is 4.79 Å². The predicted octanol–water partition coefficient (Wildman–Crippen LogP) is 2.97. The number of hydrogen-bond donors (Lipinski definition) is 3. The normalized spacial score (nSPS) is 16.8. The van der Waals surface area contributed by atoms with Crippen LogP contribution in [-0.2, 0) is 0 Å². The van der Waals surface area contributed by atoms with Crippen LogP contribution in [0.4, 0.5) is 16.4 Å². The third kappa shape index (κ3) is 3.83. The zero-order valence-corrected chi connectivity index (χ0v) is 16.2. The number of aromatic nitrogens is 2. The molecule has 1 saturated heterocycles. The number of nitrogen functional groups attached to an aromatic ring is 1. The number of amides is 1. The first-order chi connectivity index (χ1) is 13.6. The molecule has 0 bridgehead atoms. The Morgan fingerprint density at radius 3 is 2.86 bits per heavy atom. The van der Waals surface area contributed by atoms with Gasteiger partial charge in [-0.05, 0) is 18.9 Å². The van der Waals surface area contributed by atoms with E-state index in [1.165, 1.54) is 11.3 Å². The summed E-state index contributed by atoms with van der Waals surface area (Å²) in [6.07, 6.45) is 5.40. The molecule has 0 spiro atoms. The van der Waals surface area contributed by atoms with Crippen molar-refractivity contribution >= 4 is 33.6 Å². The standard InChI is InChI=1S/C20H22N6OS/c21-14-7-4-10-26(12-14)16-8-9-23-11-15(16)24-19(27)17-18(22)28-20(25-17)13-5-2-1-3-6-13/h1-3,5-6,8-9,11,14H,4,7,10,12,21-22H2,(H,24,27)/t14-/m0/s1. The van der Waals surface area contributed by atoms with Gasteiger partial charge in [-0.15, -0.1) is 0 Å². The minimum absolute atomic E-state index is 0.132. The number of rotatable bonds is 4. The maximum atomic E-state index is 12.9. The van der Waals surface area contributed by atoms with Crippen LogP contribution in [0, 0.1) is 0 Å². The minimum atomic E-state index is -0.341. The Labute approximate surface area is 167 Å². The Balaban J connectivity index is 1.57. The van der Waals surface area contributed by atoms with E-state index in [1.54, 1.807) is 12.4 Å². The molecule has 0 saturated carbocycles. The zero-order chi connectivity index (χ0) is 19.5. The van der Waals surface area contributed by atoms with E-state index < -0.39 is 0 Å². The Bertz CT molecular complexity index is 974. The third-order valence-corrected chi connectivity index (χ3v) is 5.67. The molecule has 4 rings (SSSR count). The van der Waals surface area contributed by atoms with Crippen molar-refractivity contribution in [2.24, 2.45) is 5.73 Å². The number of piperidine rings is 1. The van der Waals surface area contributed by atoms with Crippen LogP contribution in [0.1, 0.15) is 23.3 Å². The molecule has 3 aromatic rings. The number of carbonyl (C=O) groups excluding carboxylic acids is 1. The first-order valence-corrected chi connectivity index (χ1v) is 10.0. The summed E-state index contributed by atoms with van der Waals surface area (Å²) < 4.78 is 0. The van der Waals surface area contributed by atoms with E-state index in [2.05, 4.69) is 20.2 Å². The van der Waals surface area contributed by atoms with E-state index in [0.717, 1.165) is 42.2 Å². The Kier molecular flexibility index (Phi) is 5.23. The van der Waals surface area contributed by atoms with Crippen LogP contribution in [-0.4, -0.2) is 35.0 Å². The Morgan fingerprint density at radius 2 is 2.07 bits per heavy atom. The molecule has 5 N–H and O–H groups in total. The maximum absolute atomic E-state index is 12.9. The summed E-state index contributed by atoms with van der Waals surface area (Å²) in [6.45, 7) is 1.65. The summed E-state index contributed by atoms with van der Waals surface area (Å²) >= 11 is 1.30. The molecule has 0 radical (unpaired) electrons. The number of pyridine rings is 1. The number of thiazole rings is 1. The third-order valence-electron chi connectivity index (χ3n) is 4.73. The van der Waals surface area contributed by atoms with Crippen molar-refractivity contribution in [3.8, 4) is 10.6 Å². The van der Waals surface area contributed by atoms with Gasteiger partial charge in [-0.3, -0.25) is 9.78 Å². The summed E-state index contributed by atoms with van der Waals surface area (Å²) in [4.78, 5) is 23.7. The highest BCUT2D eigenvalue weighted by Crippen LogP contribution is 2.32. The molecule has 1 aliphatic heterocycles. The Hall–Kier alpha value is -2.97. The second-order valence-corrected chi connectivity index (χ2v) is 7.82. The smallest absolute Gasteiger partial charge is 0.277 e. The van der Waals surface area contributed by atoms with Gasteiger partial charge in [0.15, 0.2) is 5.69 Å². The van der Waals surface area contributed by atoms with Gasteiger partial charge in [0.05, 0.1) is 17.6 Å². The largest absolute Gasteiger partial charge is 0.389 e. The molecule has 28 heavy (non-hydrogen) atoms. The van der Waals surface area contributed by atoms with E-state index >= 15 is 0 Å². The topological polar surface area (TPSA) is 110 Å². The van der Waals surface area contributed by atoms with Crippen LogP contribution < -0.4 is 21.7 Å².